The zero-order valence-corrected chi connectivity index (χ0v) is 13.3. The Bertz CT molecular complexity index is 472. The highest BCUT2D eigenvalue weighted by molar-refractivity contribution is 5.92. The van der Waals surface area contributed by atoms with Gasteiger partial charge in [-0.25, -0.2) is 0 Å². The fraction of sp³-hybridized carbons (Fsp3) is 0.500. The van der Waals surface area contributed by atoms with Gasteiger partial charge in [0, 0.05) is 25.3 Å². The molecule has 0 radical (unpaired) electrons. The minimum absolute atomic E-state index is 0.0192. The van der Waals surface area contributed by atoms with Crippen molar-refractivity contribution < 1.29 is 19.1 Å². The SMILES string of the molecule is COCCOCC(=O)NCc1ccc(NC(=O)C(C)C)cc1. The number of hydrogen-bond acceptors (Lipinski definition) is 4. The van der Waals surface area contributed by atoms with Crippen molar-refractivity contribution in [3.8, 4) is 0 Å². The third kappa shape index (κ3) is 7.19. The first-order valence-corrected chi connectivity index (χ1v) is 7.26. The second-order valence-electron chi connectivity index (χ2n) is 5.16. The molecule has 2 amide bonds. The van der Waals surface area contributed by atoms with Crippen molar-refractivity contribution in [1.29, 1.82) is 0 Å². The molecule has 0 atom stereocenters. The van der Waals surface area contributed by atoms with Gasteiger partial charge in [0.1, 0.15) is 6.61 Å². The third-order valence-corrected chi connectivity index (χ3v) is 2.90. The van der Waals surface area contributed by atoms with Crippen LogP contribution in [-0.2, 0) is 25.6 Å². The number of carbonyl (C=O) groups excluding carboxylic acids is 2. The average Bonchev–Trinajstić information content (AvgIpc) is 2.50. The van der Waals surface area contributed by atoms with Gasteiger partial charge < -0.3 is 20.1 Å². The van der Waals surface area contributed by atoms with Crippen LogP contribution in [0, 0.1) is 5.92 Å². The van der Waals surface area contributed by atoms with Gasteiger partial charge in [-0.3, -0.25) is 9.59 Å². The summed E-state index contributed by atoms with van der Waals surface area (Å²) in [6.45, 7) is 4.99. The number of hydrogen-bond donors (Lipinski definition) is 2. The largest absolute Gasteiger partial charge is 0.382 e. The smallest absolute Gasteiger partial charge is 0.246 e. The van der Waals surface area contributed by atoms with Gasteiger partial charge in [-0.05, 0) is 17.7 Å². The maximum Gasteiger partial charge on any atom is 0.246 e. The number of benzene rings is 1. The van der Waals surface area contributed by atoms with Crippen LogP contribution in [0.15, 0.2) is 24.3 Å². The number of ether oxygens (including phenoxy) is 2. The van der Waals surface area contributed by atoms with Crippen LogP contribution < -0.4 is 10.6 Å². The lowest BCUT2D eigenvalue weighted by Gasteiger charge is -2.09. The normalized spacial score (nSPS) is 10.5. The van der Waals surface area contributed by atoms with Gasteiger partial charge in [0.05, 0.1) is 13.2 Å². The Labute approximate surface area is 131 Å². The van der Waals surface area contributed by atoms with Crippen LogP contribution in [0.3, 0.4) is 0 Å². The summed E-state index contributed by atoms with van der Waals surface area (Å²) in [6.07, 6.45) is 0. The molecule has 0 bridgehead atoms. The molecule has 6 heteroatoms. The second-order valence-corrected chi connectivity index (χ2v) is 5.16. The summed E-state index contributed by atoms with van der Waals surface area (Å²) >= 11 is 0. The van der Waals surface area contributed by atoms with Gasteiger partial charge in [-0.15, -0.1) is 0 Å². The number of nitrogens with one attached hydrogen (secondary N) is 2. The van der Waals surface area contributed by atoms with Crippen molar-refractivity contribution in [3.63, 3.8) is 0 Å². The Hall–Kier alpha value is -1.92. The van der Waals surface area contributed by atoms with Gasteiger partial charge in [-0.1, -0.05) is 26.0 Å². The summed E-state index contributed by atoms with van der Waals surface area (Å²) in [6, 6.07) is 7.36. The van der Waals surface area contributed by atoms with Gasteiger partial charge in [0.15, 0.2) is 0 Å². The highest BCUT2D eigenvalue weighted by atomic mass is 16.5. The molecule has 0 saturated carbocycles. The predicted octanol–water partition coefficient (Wildman–Crippen LogP) is 1.56. The number of rotatable bonds is 9. The highest BCUT2D eigenvalue weighted by Crippen LogP contribution is 2.10. The molecule has 0 spiro atoms. The van der Waals surface area contributed by atoms with Crippen LogP contribution in [0.1, 0.15) is 19.4 Å². The predicted molar refractivity (Wildman–Crippen MR) is 84.5 cm³/mol. The van der Waals surface area contributed by atoms with Gasteiger partial charge >= 0.3 is 0 Å². The van der Waals surface area contributed by atoms with Crippen LogP contribution in [-0.4, -0.2) is 38.7 Å². The number of amides is 2. The van der Waals surface area contributed by atoms with E-state index in [-0.39, 0.29) is 24.3 Å². The minimum atomic E-state index is -0.173. The topological polar surface area (TPSA) is 76.7 Å². The van der Waals surface area contributed by atoms with Crippen LogP contribution >= 0.6 is 0 Å². The summed E-state index contributed by atoms with van der Waals surface area (Å²) < 4.78 is 9.94. The molecule has 6 nitrogen and oxygen atoms in total. The molecule has 0 aliphatic heterocycles. The van der Waals surface area contributed by atoms with Crippen molar-refractivity contribution in [3.05, 3.63) is 29.8 Å². The van der Waals surface area contributed by atoms with Gasteiger partial charge in [-0.2, -0.15) is 0 Å². The maximum absolute atomic E-state index is 11.6. The second kappa shape index (κ2) is 9.92. The van der Waals surface area contributed by atoms with Gasteiger partial charge in [0.2, 0.25) is 11.8 Å². The van der Waals surface area contributed by atoms with Crippen molar-refractivity contribution in [2.24, 2.45) is 5.92 Å². The summed E-state index contributed by atoms with van der Waals surface area (Å²) in [5.74, 6) is -0.250. The lowest BCUT2D eigenvalue weighted by Crippen LogP contribution is -2.27. The van der Waals surface area contributed by atoms with E-state index in [1.165, 1.54) is 0 Å². The molecule has 22 heavy (non-hydrogen) atoms. The Kier molecular flexibility index (Phi) is 8.17. The van der Waals surface area contributed by atoms with E-state index in [0.717, 1.165) is 11.3 Å². The van der Waals surface area contributed by atoms with E-state index < -0.39 is 0 Å². The van der Waals surface area contributed by atoms with Crippen LogP contribution in [0.5, 0.6) is 0 Å². The maximum atomic E-state index is 11.6. The molecule has 0 fully saturated rings. The Balaban J connectivity index is 2.32. The van der Waals surface area contributed by atoms with E-state index in [1.54, 1.807) is 7.11 Å². The van der Waals surface area contributed by atoms with Crippen molar-refractivity contribution in [2.45, 2.75) is 20.4 Å². The van der Waals surface area contributed by atoms with Crippen molar-refractivity contribution in [2.75, 3.05) is 32.2 Å². The molecule has 122 valence electrons. The number of carbonyl (C=O) groups is 2. The molecular weight excluding hydrogens is 284 g/mol. The molecule has 0 aliphatic rings. The molecule has 0 aliphatic carbocycles. The fourth-order valence-electron chi connectivity index (χ4n) is 1.55. The number of anilines is 1. The summed E-state index contributed by atoms with van der Waals surface area (Å²) in [7, 11) is 1.58. The van der Waals surface area contributed by atoms with Crippen molar-refractivity contribution in [1.82, 2.24) is 5.32 Å². The Morgan fingerprint density at radius 1 is 1.14 bits per heavy atom. The zero-order chi connectivity index (χ0) is 16.4. The molecule has 1 rings (SSSR count). The lowest BCUT2D eigenvalue weighted by molar-refractivity contribution is -0.126. The Morgan fingerprint density at radius 2 is 1.82 bits per heavy atom. The fourth-order valence-corrected chi connectivity index (χ4v) is 1.55. The average molecular weight is 308 g/mol. The molecule has 0 saturated heterocycles. The standard InChI is InChI=1S/C16H24N2O4/c1-12(2)16(20)18-14-6-4-13(5-7-14)10-17-15(19)11-22-9-8-21-3/h4-7,12H,8-11H2,1-3H3,(H,17,19)(H,18,20). The van der Waals surface area contributed by atoms with E-state index in [0.29, 0.717) is 19.8 Å². The minimum Gasteiger partial charge on any atom is -0.382 e. The monoisotopic (exact) mass is 308 g/mol. The molecule has 1 aromatic rings. The quantitative estimate of drug-likeness (QED) is 0.679. The van der Waals surface area contributed by atoms with Crippen LogP contribution in [0.4, 0.5) is 5.69 Å². The number of methoxy groups -OCH3 is 1. The van der Waals surface area contributed by atoms with Gasteiger partial charge in [0.25, 0.3) is 0 Å². The zero-order valence-electron chi connectivity index (χ0n) is 13.3. The first-order valence-electron chi connectivity index (χ1n) is 7.26. The lowest BCUT2D eigenvalue weighted by atomic mass is 10.1. The van der Waals surface area contributed by atoms with Crippen LogP contribution in [0.25, 0.3) is 0 Å². The first kappa shape index (κ1) is 18.1. The molecular formula is C16H24N2O4. The molecule has 2 N–H and O–H groups in total. The van der Waals surface area contributed by atoms with E-state index >= 15 is 0 Å². The third-order valence-electron chi connectivity index (χ3n) is 2.90. The van der Waals surface area contributed by atoms with Crippen LogP contribution in [0.2, 0.25) is 0 Å². The molecule has 0 aromatic heterocycles. The molecule has 0 unspecified atom stereocenters. The van der Waals surface area contributed by atoms with E-state index in [4.69, 9.17) is 9.47 Å². The highest BCUT2D eigenvalue weighted by Gasteiger charge is 2.07. The molecule has 0 heterocycles. The summed E-state index contributed by atoms with van der Waals surface area (Å²) in [5.41, 5.74) is 1.70. The van der Waals surface area contributed by atoms with Crippen molar-refractivity contribution >= 4 is 17.5 Å². The van der Waals surface area contributed by atoms with E-state index in [1.807, 2.05) is 38.1 Å². The first-order chi connectivity index (χ1) is 10.5. The summed E-state index contributed by atoms with van der Waals surface area (Å²) in [4.78, 5) is 23.1. The molecule has 1 aromatic carbocycles. The Morgan fingerprint density at radius 3 is 2.41 bits per heavy atom. The van der Waals surface area contributed by atoms with E-state index in [9.17, 15) is 9.59 Å². The van der Waals surface area contributed by atoms with E-state index in [2.05, 4.69) is 10.6 Å². The summed E-state index contributed by atoms with van der Waals surface area (Å²) in [5, 5.41) is 5.58.